The Kier molecular flexibility index (Phi) is 4.96. The van der Waals surface area contributed by atoms with Gasteiger partial charge in [-0.25, -0.2) is 9.78 Å². The summed E-state index contributed by atoms with van der Waals surface area (Å²) in [5.74, 6) is 0.434. The van der Waals surface area contributed by atoms with Crippen molar-refractivity contribution in [3.63, 3.8) is 0 Å². The molecule has 0 unspecified atom stereocenters. The van der Waals surface area contributed by atoms with E-state index in [0.717, 1.165) is 33.2 Å². The summed E-state index contributed by atoms with van der Waals surface area (Å²) in [5, 5.41) is 4.04. The average molecular weight is 342 g/mol. The summed E-state index contributed by atoms with van der Waals surface area (Å²) in [7, 11) is 1.62. The lowest BCUT2D eigenvalue weighted by molar-refractivity contribution is 0.0473. The number of ether oxygens (including phenoxy) is 2. The molecule has 3 aromatic rings. The van der Waals surface area contributed by atoms with E-state index in [2.05, 4.69) is 10.3 Å². The van der Waals surface area contributed by atoms with Crippen molar-refractivity contribution in [1.29, 1.82) is 0 Å². The summed E-state index contributed by atoms with van der Waals surface area (Å²) >= 11 is 1.53. The lowest BCUT2D eigenvalue weighted by atomic mass is 10.2. The Morgan fingerprint density at radius 2 is 2.00 bits per heavy atom. The molecular weight excluding hydrogens is 324 g/mol. The highest BCUT2D eigenvalue weighted by molar-refractivity contribution is 7.22. The van der Waals surface area contributed by atoms with Gasteiger partial charge in [-0.05, 0) is 42.8 Å². The number of thiazole rings is 1. The van der Waals surface area contributed by atoms with Crippen LogP contribution >= 0.6 is 11.3 Å². The van der Waals surface area contributed by atoms with Crippen molar-refractivity contribution < 1.29 is 14.3 Å². The van der Waals surface area contributed by atoms with Crippen LogP contribution < -0.4 is 10.1 Å². The minimum atomic E-state index is -0.342. The number of nitrogens with zero attached hydrogens (tertiary/aromatic N) is 1. The van der Waals surface area contributed by atoms with Crippen molar-refractivity contribution >= 4 is 32.7 Å². The minimum Gasteiger partial charge on any atom is -0.497 e. The molecule has 0 aliphatic heterocycles. The fraction of sp³-hybridized carbons (Fsp3) is 0.222. The summed E-state index contributed by atoms with van der Waals surface area (Å²) in [6.45, 7) is 3.07. The summed E-state index contributed by atoms with van der Waals surface area (Å²) in [6, 6.07) is 12.8. The zero-order valence-electron chi connectivity index (χ0n) is 13.5. The number of hydrogen-bond donors (Lipinski definition) is 1. The molecule has 0 spiro atoms. The van der Waals surface area contributed by atoms with Crippen LogP contribution in [0.1, 0.15) is 22.8 Å². The zero-order valence-corrected chi connectivity index (χ0v) is 14.4. The molecule has 1 N–H and O–H groups in total. The van der Waals surface area contributed by atoms with Gasteiger partial charge in [-0.1, -0.05) is 23.5 Å². The molecule has 5 nitrogen and oxygen atoms in total. The first-order chi connectivity index (χ1) is 11.7. The number of carbonyl (C=O) groups excluding carboxylic acids is 1. The van der Waals surface area contributed by atoms with Gasteiger partial charge in [-0.3, -0.25) is 0 Å². The van der Waals surface area contributed by atoms with Crippen molar-refractivity contribution in [2.75, 3.05) is 19.0 Å². The van der Waals surface area contributed by atoms with E-state index < -0.39 is 0 Å². The summed E-state index contributed by atoms with van der Waals surface area (Å²) < 4.78 is 11.4. The molecule has 0 aliphatic rings. The Hall–Kier alpha value is -2.60. The highest BCUT2D eigenvalue weighted by atomic mass is 32.1. The standard InChI is InChI=1S/C18H18N2O3S/c1-3-19-18-20-15-9-6-13(10-16(15)24-18)17(21)23-11-12-4-7-14(22-2)8-5-12/h4-10H,3,11H2,1-2H3,(H,19,20). The topological polar surface area (TPSA) is 60.5 Å². The maximum absolute atomic E-state index is 12.2. The van der Waals surface area contributed by atoms with Crippen molar-refractivity contribution in [2.45, 2.75) is 13.5 Å². The van der Waals surface area contributed by atoms with Crippen LogP contribution in [0.3, 0.4) is 0 Å². The molecular formula is C18H18N2O3S. The quantitative estimate of drug-likeness (QED) is 0.684. The predicted molar refractivity (Wildman–Crippen MR) is 95.9 cm³/mol. The number of carbonyl (C=O) groups is 1. The number of anilines is 1. The second-order valence-corrected chi connectivity index (χ2v) is 6.19. The van der Waals surface area contributed by atoms with Gasteiger partial charge < -0.3 is 14.8 Å². The number of esters is 1. The Morgan fingerprint density at radius 1 is 1.21 bits per heavy atom. The van der Waals surface area contributed by atoms with Gasteiger partial charge >= 0.3 is 5.97 Å². The number of nitrogens with one attached hydrogen (secondary N) is 1. The molecule has 1 heterocycles. The smallest absolute Gasteiger partial charge is 0.338 e. The van der Waals surface area contributed by atoms with Crippen LogP contribution in [0.25, 0.3) is 10.2 Å². The van der Waals surface area contributed by atoms with Crippen LogP contribution in [0, 0.1) is 0 Å². The Labute approximate surface area is 144 Å². The van der Waals surface area contributed by atoms with Crippen LogP contribution in [-0.2, 0) is 11.3 Å². The summed E-state index contributed by atoms with van der Waals surface area (Å²) in [4.78, 5) is 16.7. The van der Waals surface area contributed by atoms with Crippen molar-refractivity contribution in [2.24, 2.45) is 0 Å². The molecule has 0 bridgehead atoms. The van der Waals surface area contributed by atoms with Gasteiger partial charge in [0, 0.05) is 6.54 Å². The van der Waals surface area contributed by atoms with Gasteiger partial charge in [0.1, 0.15) is 12.4 Å². The van der Waals surface area contributed by atoms with Crippen molar-refractivity contribution in [3.8, 4) is 5.75 Å². The van der Waals surface area contributed by atoms with E-state index in [4.69, 9.17) is 9.47 Å². The van der Waals surface area contributed by atoms with Crippen molar-refractivity contribution in [3.05, 3.63) is 53.6 Å². The fourth-order valence-corrected chi connectivity index (χ4v) is 3.21. The number of aromatic nitrogens is 1. The third-order valence-electron chi connectivity index (χ3n) is 3.48. The molecule has 0 atom stereocenters. The Balaban J connectivity index is 1.68. The SMILES string of the molecule is CCNc1nc2ccc(C(=O)OCc3ccc(OC)cc3)cc2s1. The van der Waals surface area contributed by atoms with E-state index in [1.54, 1.807) is 13.2 Å². The maximum Gasteiger partial charge on any atom is 0.338 e. The van der Waals surface area contributed by atoms with Gasteiger partial charge in [0.25, 0.3) is 0 Å². The van der Waals surface area contributed by atoms with Gasteiger partial charge in [0.05, 0.1) is 22.9 Å². The van der Waals surface area contributed by atoms with E-state index in [1.165, 1.54) is 11.3 Å². The second-order valence-electron chi connectivity index (χ2n) is 5.16. The Bertz CT molecular complexity index is 843. The van der Waals surface area contributed by atoms with Crippen LogP contribution in [0.15, 0.2) is 42.5 Å². The number of benzene rings is 2. The number of methoxy groups -OCH3 is 1. The van der Waals surface area contributed by atoms with Gasteiger partial charge in [-0.15, -0.1) is 0 Å². The number of hydrogen-bond acceptors (Lipinski definition) is 6. The Morgan fingerprint density at radius 3 is 2.71 bits per heavy atom. The molecule has 0 saturated heterocycles. The van der Waals surface area contributed by atoms with E-state index in [9.17, 15) is 4.79 Å². The molecule has 6 heteroatoms. The second kappa shape index (κ2) is 7.31. The fourth-order valence-electron chi connectivity index (χ4n) is 2.23. The third-order valence-corrected chi connectivity index (χ3v) is 4.46. The molecule has 2 aromatic carbocycles. The molecule has 1 aromatic heterocycles. The highest BCUT2D eigenvalue weighted by Crippen LogP contribution is 2.27. The van der Waals surface area contributed by atoms with E-state index in [0.29, 0.717) is 5.56 Å². The molecule has 3 rings (SSSR count). The van der Waals surface area contributed by atoms with Crippen LogP contribution in [-0.4, -0.2) is 24.6 Å². The molecule has 0 saturated carbocycles. The number of rotatable bonds is 6. The molecule has 0 amide bonds. The largest absolute Gasteiger partial charge is 0.497 e. The molecule has 0 fully saturated rings. The lowest BCUT2D eigenvalue weighted by Gasteiger charge is -2.06. The van der Waals surface area contributed by atoms with Gasteiger partial charge in [0.15, 0.2) is 5.13 Å². The predicted octanol–water partition coefficient (Wildman–Crippen LogP) is 4.09. The monoisotopic (exact) mass is 342 g/mol. The molecule has 124 valence electrons. The van der Waals surface area contributed by atoms with Crippen LogP contribution in [0.2, 0.25) is 0 Å². The molecule has 0 radical (unpaired) electrons. The van der Waals surface area contributed by atoms with Gasteiger partial charge in [-0.2, -0.15) is 0 Å². The lowest BCUT2D eigenvalue weighted by Crippen LogP contribution is -2.05. The highest BCUT2D eigenvalue weighted by Gasteiger charge is 2.11. The van der Waals surface area contributed by atoms with E-state index in [-0.39, 0.29) is 12.6 Å². The van der Waals surface area contributed by atoms with Gasteiger partial charge in [0.2, 0.25) is 0 Å². The molecule has 0 aliphatic carbocycles. The zero-order chi connectivity index (χ0) is 16.9. The summed E-state index contributed by atoms with van der Waals surface area (Å²) in [5.41, 5.74) is 2.32. The maximum atomic E-state index is 12.2. The minimum absolute atomic E-state index is 0.228. The third kappa shape index (κ3) is 3.65. The average Bonchev–Trinajstić information content (AvgIpc) is 3.02. The van der Waals surface area contributed by atoms with Crippen LogP contribution in [0.4, 0.5) is 5.13 Å². The summed E-state index contributed by atoms with van der Waals surface area (Å²) in [6.07, 6.45) is 0. The first kappa shape index (κ1) is 16.3. The van der Waals surface area contributed by atoms with E-state index >= 15 is 0 Å². The normalized spacial score (nSPS) is 10.6. The van der Waals surface area contributed by atoms with E-state index in [1.807, 2.05) is 43.3 Å². The number of fused-ring (bicyclic) bond motifs is 1. The molecule has 24 heavy (non-hydrogen) atoms. The first-order valence-corrected chi connectivity index (χ1v) is 8.45. The first-order valence-electron chi connectivity index (χ1n) is 7.64. The van der Waals surface area contributed by atoms with Crippen LogP contribution in [0.5, 0.6) is 5.75 Å². The van der Waals surface area contributed by atoms with Crippen molar-refractivity contribution in [1.82, 2.24) is 4.98 Å².